The molecule has 0 aliphatic rings. The van der Waals surface area contributed by atoms with Gasteiger partial charge in [0.25, 0.3) is 0 Å². The van der Waals surface area contributed by atoms with Crippen molar-refractivity contribution in [3.63, 3.8) is 0 Å². The number of para-hydroxylation sites is 2. The van der Waals surface area contributed by atoms with Gasteiger partial charge in [-0.15, -0.1) is 0 Å². The Bertz CT molecular complexity index is 975. The number of amides is 2. The zero-order valence-corrected chi connectivity index (χ0v) is 16.0. The highest BCUT2D eigenvalue weighted by Gasteiger charge is 2.14. The van der Waals surface area contributed by atoms with Crippen LogP contribution in [-0.4, -0.2) is 18.4 Å². The Morgan fingerprint density at radius 1 is 0.897 bits per heavy atom. The Morgan fingerprint density at radius 3 is 2.17 bits per heavy atom. The summed E-state index contributed by atoms with van der Waals surface area (Å²) in [6.07, 6.45) is 0.0379. The standard InChI is InChI=1S/C23H21FN2O3/c1-17(27)26(16-15-23(28)25-22-10-6-5-9-21(22)24)18-11-13-20(14-12-18)29-19-7-3-2-4-8-19/h2-14H,15-16H2,1H3,(H,25,28). The van der Waals surface area contributed by atoms with E-state index in [2.05, 4.69) is 5.32 Å². The van der Waals surface area contributed by atoms with E-state index in [1.54, 1.807) is 36.4 Å². The maximum atomic E-state index is 13.6. The number of hydrogen-bond donors (Lipinski definition) is 1. The van der Waals surface area contributed by atoms with Crippen LogP contribution in [0.4, 0.5) is 15.8 Å². The molecule has 0 radical (unpaired) electrons. The Hall–Kier alpha value is -3.67. The van der Waals surface area contributed by atoms with E-state index in [4.69, 9.17) is 4.74 Å². The monoisotopic (exact) mass is 392 g/mol. The number of ether oxygens (including phenoxy) is 1. The van der Waals surface area contributed by atoms with Crippen LogP contribution in [0, 0.1) is 5.82 Å². The molecule has 0 aliphatic carbocycles. The van der Waals surface area contributed by atoms with E-state index < -0.39 is 5.82 Å². The highest BCUT2D eigenvalue weighted by molar-refractivity contribution is 5.94. The zero-order valence-electron chi connectivity index (χ0n) is 16.0. The van der Waals surface area contributed by atoms with Crippen LogP contribution < -0.4 is 15.0 Å². The molecule has 5 nitrogen and oxygen atoms in total. The van der Waals surface area contributed by atoms with Crippen LogP contribution in [0.5, 0.6) is 11.5 Å². The summed E-state index contributed by atoms with van der Waals surface area (Å²) in [6, 6.07) is 22.4. The minimum absolute atomic E-state index is 0.0379. The molecule has 0 spiro atoms. The average molecular weight is 392 g/mol. The zero-order chi connectivity index (χ0) is 20.6. The van der Waals surface area contributed by atoms with Gasteiger partial charge in [-0.3, -0.25) is 9.59 Å². The molecular weight excluding hydrogens is 371 g/mol. The number of rotatable bonds is 7. The van der Waals surface area contributed by atoms with E-state index in [-0.39, 0.29) is 30.5 Å². The second kappa shape index (κ2) is 9.50. The minimum Gasteiger partial charge on any atom is -0.457 e. The number of carbonyl (C=O) groups excluding carboxylic acids is 2. The average Bonchev–Trinajstić information content (AvgIpc) is 2.71. The second-order valence-electron chi connectivity index (χ2n) is 6.36. The van der Waals surface area contributed by atoms with Crippen molar-refractivity contribution >= 4 is 23.2 Å². The van der Waals surface area contributed by atoms with Crippen molar-refractivity contribution in [2.45, 2.75) is 13.3 Å². The van der Waals surface area contributed by atoms with Crippen molar-refractivity contribution in [1.29, 1.82) is 0 Å². The number of halogens is 1. The first-order valence-corrected chi connectivity index (χ1v) is 9.18. The third-order valence-corrected chi connectivity index (χ3v) is 4.22. The molecule has 0 heterocycles. The van der Waals surface area contributed by atoms with Crippen LogP contribution in [0.15, 0.2) is 78.9 Å². The molecule has 3 aromatic rings. The molecule has 148 valence electrons. The molecule has 0 fully saturated rings. The molecule has 0 saturated carbocycles. The Kier molecular flexibility index (Phi) is 6.58. The van der Waals surface area contributed by atoms with E-state index >= 15 is 0 Å². The number of anilines is 2. The summed E-state index contributed by atoms with van der Waals surface area (Å²) in [7, 11) is 0. The van der Waals surface area contributed by atoms with Gasteiger partial charge in [-0.1, -0.05) is 30.3 Å². The summed E-state index contributed by atoms with van der Waals surface area (Å²) in [5.74, 6) is 0.290. The van der Waals surface area contributed by atoms with Gasteiger partial charge in [0.05, 0.1) is 5.69 Å². The summed E-state index contributed by atoms with van der Waals surface area (Å²) in [6.45, 7) is 1.61. The molecule has 2 amide bonds. The molecule has 29 heavy (non-hydrogen) atoms. The van der Waals surface area contributed by atoms with Crippen molar-refractivity contribution < 1.29 is 18.7 Å². The third kappa shape index (κ3) is 5.65. The molecule has 0 saturated heterocycles. The van der Waals surface area contributed by atoms with Crippen LogP contribution in [0.2, 0.25) is 0 Å². The first kappa shape index (κ1) is 20.1. The van der Waals surface area contributed by atoms with Gasteiger partial charge >= 0.3 is 0 Å². The normalized spacial score (nSPS) is 10.3. The number of nitrogens with one attached hydrogen (secondary N) is 1. The summed E-state index contributed by atoms with van der Waals surface area (Å²) in [5, 5.41) is 2.52. The van der Waals surface area contributed by atoms with Crippen molar-refractivity contribution in [2.24, 2.45) is 0 Å². The molecule has 6 heteroatoms. The maximum Gasteiger partial charge on any atom is 0.226 e. The van der Waals surface area contributed by atoms with Crippen LogP contribution in [0.25, 0.3) is 0 Å². The van der Waals surface area contributed by atoms with Crippen molar-refractivity contribution in [3.05, 3.63) is 84.7 Å². The van der Waals surface area contributed by atoms with Crippen molar-refractivity contribution in [1.82, 2.24) is 0 Å². The van der Waals surface area contributed by atoms with Crippen LogP contribution >= 0.6 is 0 Å². The Labute approximate surface area is 168 Å². The first-order chi connectivity index (χ1) is 14.0. The van der Waals surface area contributed by atoms with Gasteiger partial charge in [0, 0.05) is 25.6 Å². The molecule has 3 rings (SSSR count). The third-order valence-electron chi connectivity index (χ3n) is 4.22. The fraction of sp³-hybridized carbons (Fsp3) is 0.130. The number of hydrogen-bond acceptors (Lipinski definition) is 3. The largest absolute Gasteiger partial charge is 0.457 e. The fourth-order valence-electron chi connectivity index (χ4n) is 2.78. The van der Waals surface area contributed by atoms with Crippen LogP contribution in [-0.2, 0) is 9.59 Å². The fourth-order valence-corrected chi connectivity index (χ4v) is 2.78. The van der Waals surface area contributed by atoms with Crippen LogP contribution in [0.3, 0.4) is 0 Å². The van der Waals surface area contributed by atoms with E-state index in [1.165, 1.54) is 24.0 Å². The number of benzene rings is 3. The molecule has 0 atom stereocenters. The summed E-state index contributed by atoms with van der Waals surface area (Å²) < 4.78 is 19.4. The predicted octanol–water partition coefficient (Wildman–Crippen LogP) is 5.00. The molecule has 0 bridgehead atoms. The smallest absolute Gasteiger partial charge is 0.226 e. The number of carbonyl (C=O) groups is 2. The first-order valence-electron chi connectivity index (χ1n) is 9.18. The molecule has 3 aromatic carbocycles. The highest BCUT2D eigenvalue weighted by Crippen LogP contribution is 2.24. The number of nitrogens with zero attached hydrogens (tertiary/aromatic N) is 1. The van der Waals surface area contributed by atoms with Gasteiger partial charge in [-0.25, -0.2) is 4.39 Å². The van der Waals surface area contributed by atoms with E-state index in [0.717, 1.165) is 0 Å². The highest BCUT2D eigenvalue weighted by atomic mass is 19.1. The summed E-state index contributed by atoms with van der Waals surface area (Å²) in [4.78, 5) is 25.7. The molecule has 1 N–H and O–H groups in total. The van der Waals surface area contributed by atoms with Crippen molar-refractivity contribution in [2.75, 3.05) is 16.8 Å². The van der Waals surface area contributed by atoms with E-state index in [9.17, 15) is 14.0 Å². The molecule has 0 unspecified atom stereocenters. The van der Waals surface area contributed by atoms with E-state index in [1.807, 2.05) is 30.3 Å². The van der Waals surface area contributed by atoms with Gasteiger partial charge in [0.1, 0.15) is 17.3 Å². The van der Waals surface area contributed by atoms with Gasteiger partial charge < -0.3 is 15.0 Å². The lowest BCUT2D eigenvalue weighted by molar-refractivity contribution is -0.117. The summed E-state index contributed by atoms with van der Waals surface area (Å²) >= 11 is 0. The van der Waals surface area contributed by atoms with E-state index in [0.29, 0.717) is 17.2 Å². The van der Waals surface area contributed by atoms with Gasteiger partial charge in [0.15, 0.2) is 0 Å². The van der Waals surface area contributed by atoms with Gasteiger partial charge in [0.2, 0.25) is 11.8 Å². The molecule has 0 aliphatic heterocycles. The molecule has 0 aromatic heterocycles. The summed E-state index contributed by atoms with van der Waals surface area (Å²) in [5.41, 5.74) is 0.769. The lowest BCUT2D eigenvalue weighted by Crippen LogP contribution is -2.32. The SMILES string of the molecule is CC(=O)N(CCC(=O)Nc1ccccc1F)c1ccc(Oc2ccccc2)cc1. The lowest BCUT2D eigenvalue weighted by atomic mass is 10.2. The maximum absolute atomic E-state index is 13.6. The lowest BCUT2D eigenvalue weighted by Gasteiger charge is -2.21. The topological polar surface area (TPSA) is 58.6 Å². The predicted molar refractivity (Wildman–Crippen MR) is 111 cm³/mol. The van der Waals surface area contributed by atoms with Crippen molar-refractivity contribution in [3.8, 4) is 11.5 Å². The quantitative estimate of drug-likeness (QED) is 0.616. The molecular formula is C23H21FN2O3. The minimum atomic E-state index is -0.502. The Balaban J connectivity index is 1.61. The van der Waals surface area contributed by atoms with Gasteiger partial charge in [-0.2, -0.15) is 0 Å². The second-order valence-corrected chi connectivity index (χ2v) is 6.36. The van der Waals surface area contributed by atoms with Crippen LogP contribution in [0.1, 0.15) is 13.3 Å². The Morgan fingerprint density at radius 2 is 1.52 bits per heavy atom. The van der Waals surface area contributed by atoms with Gasteiger partial charge in [-0.05, 0) is 48.5 Å².